The highest BCUT2D eigenvalue weighted by atomic mass is 16.5. The first kappa shape index (κ1) is 14.0. The van der Waals surface area contributed by atoms with Gasteiger partial charge in [0.15, 0.2) is 5.82 Å². The number of rotatable bonds is 5. The molecule has 0 atom stereocenters. The zero-order valence-electron chi connectivity index (χ0n) is 12.2. The van der Waals surface area contributed by atoms with Gasteiger partial charge in [-0.25, -0.2) is 0 Å². The van der Waals surface area contributed by atoms with Crippen molar-refractivity contribution < 1.29 is 9.32 Å². The first-order valence-corrected chi connectivity index (χ1v) is 7.19. The van der Waals surface area contributed by atoms with Crippen molar-refractivity contribution in [2.45, 2.75) is 52.4 Å². The minimum atomic E-state index is 0.162. The molecule has 1 aliphatic heterocycles. The molecule has 1 saturated heterocycles. The second kappa shape index (κ2) is 5.72. The highest BCUT2D eigenvalue weighted by Gasteiger charge is 2.37. The zero-order valence-corrected chi connectivity index (χ0v) is 12.2. The second-order valence-corrected chi connectivity index (χ2v) is 5.60. The minimum Gasteiger partial charge on any atom is -0.341 e. The number of amides is 1. The molecule has 0 saturated carbocycles. The van der Waals surface area contributed by atoms with E-state index in [9.17, 15) is 4.79 Å². The molecule has 1 aromatic heterocycles. The third-order valence-corrected chi connectivity index (χ3v) is 3.85. The Hall–Kier alpha value is -1.39. The van der Waals surface area contributed by atoms with E-state index in [0.717, 1.165) is 31.8 Å². The number of carbonyl (C=O) groups excluding carboxylic acids is 1. The molecule has 1 aliphatic rings. The van der Waals surface area contributed by atoms with Gasteiger partial charge in [0, 0.05) is 24.9 Å². The van der Waals surface area contributed by atoms with E-state index in [0.29, 0.717) is 5.89 Å². The standard InChI is InChI=1S/C14H23N3O2/c1-5-10(6-2)14(18)17-7-11(8-17)13-15-12(9(3)4)16-19-13/h9-11H,5-8H2,1-4H3. The first-order valence-electron chi connectivity index (χ1n) is 7.19. The molecule has 0 bridgehead atoms. The van der Waals surface area contributed by atoms with Gasteiger partial charge < -0.3 is 9.42 Å². The van der Waals surface area contributed by atoms with E-state index < -0.39 is 0 Å². The lowest BCUT2D eigenvalue weighted by Crippen LogP contribution is -2.50. The van der Waals surface area contributed by atoms with Gasteiger partial charge in [-0.2, -0.15) is 4.98 Å². The van der Waals surface area contributed by atoms with Crippen molar-refractivity contribution in [3.05, 3.63) is 11.7 Å². The fourth-order valence-corrected chi connectivity index (χ4v) is 2.36. The van der Waals surface area contributed by atoms with Gasteiger partial charge in [0.25, 0.3) is 0 Å². The molecular weight excluding hydrogens is 242 g/mol. The smallest absolute Gasteiger partial charge is 0.233 e. The van der Waals surface area contributed by atoms with Gasteiger partial charge in [0.2, 0.25) is 11.8 Å². The average Bonchev–Trinajstić information content (AvgIpc) is 2.78. The monoisotopic (exact) mass is 265 g/mol. The molecule has 106 valence electrons. The Morgan fingerprint density at radius 3 is 2.47 bits per heavy atom. The largest absolute Gasteiger partial charge is 0.341 e. The summed E-state index contributed by atoms with van der Waals surface area (Å²) in [7, 11) is 0. The molecule has 19 heavy (non-hydrogen) atoms. The van der Waals surface area contributed by atoms with Crippen LogP contribution in [0.25, 0.3) is 0 Å². The van der Waals surface area contributed by atoms with Crippen LogP contribution >= 0.6 is 0 Å². The van der Waals surface area contributed by atoms with Crippen LogP contribution in [0.15, 0.2) is 4.52 Å². The van der Waals surface area contributed by atoms with Crippen LogP contribution in [0.3, 0.4) is 0 Å². The van der Waals surface area contributed by atoms with Crippen molar-refractivity contribution in [2.75, 3.05) is 13.1 Å². The van der Waals surface area contributed by atoms with Crippen LogP contribution in [0, 0.1) is 5.92 Å². The maximum absolute atomic E-state index is 12.1. The zero-order chi connectivity index (χ0) is 14.0. The van der Waals surface area contributed by atoms with Gasteiger partial charge in [0.1, 0.15) is 0 Å². The van der Waals surface area contributed by atoms with E-state index in [1.807, 2.05) is 18.7 Å². The van der Waals surface area contributed by atoms with Crippen molar-refractivity contribution in [1.82, 2.24) is 15.0 Å². The van der Waals surface area contributed by atoms with Gasteiger partial charge in [-0.15, -0.1) is 0 Å². The summed E-state index contributed by atoms with van der Waals surface area (Å²) < 4.78 is 5.27. The van der Waals surface area contributed by atoms with Crippen LogP contribution in [0.5, 0.6) is 0 Å². The summed E-state index contributed by atoms with van der Waals surface area (Å²) in [5, 5.41) is 3.97. The lowest BCUT2D eigenvalue weighted by molar-refractivity contribution is -0.140. The average molecular weight is 265 g/mol. The van der Waals surface area contributed by atoms with Gasteiger partial charge in [0.05, 0.1) is 5.92 Å². The van der Waals surface area contributed by atoms with Crippen molar-refractivity contribution in [2.24, 2.45) is 5.92 Å². The number of carbonyl (C=O) groups is 1. The fourth-order valence-electron chi connectivity index (χ4n) is 2.36. The molecule has 2 rings (SSSR count). The molecule has 0 N–H and O–H groups in total. The van der Waals surface area contributed by atoms with Crippen LogP contribution in [-0.4, -0.2) is 34.0 Å². The van der Waals surface area contributed by atoms with Gasteiger partial charge in [-0.3, -0.25) is 4.79 Å². The lowest BCUT2D eigenvalue weighted by Gasteiger charge is -2.39. The Bertz CT molecular complexity index is 432. The SMILES string of the molecule is CCC(CC)C(=O)N1CC(c2nc(C(C)C)no2)C1. The molecule has 0 aromatic carbocycles. The topological polar surface area (TPSA) is 59.2 Å². The van der Waals surface area contributed by atoms with Crippen LogP contribution in [0.4, 0.5) is 0 Å². The molecule has 0 radical (unpaired) electrons. The summed E-state index contributed by atoms with van der Waals surface area (Å²) in [5.74, 6) is 2.36. The van der Waals surface area contributed by atoms with E-state index in [1.54, 1.807) is 0 Å². The molecule has 1 aromatic rings. The summed E-state index contributed by atoms with van der Waals surface area (Å²) >= 11 is 0. The summed E-state index contributed by atoms with van der Waals surface area (Å²) in [6.07, 6.45) is 1.82. The van der Waals surface area contributed by atoms with E-state index >= 15 is 0 Å². The van der Waals surface area contributed by atoms with Crippen molar-refractivity contribution in [1.29, 1.82) is 0 Å². The summed E-state index contributed by atoms with van der Waals surface area (Å²) in [6, 6.07) is 0. The molecule has 5 nitrogen and oxygen atoms in total. The fraction of sp³-hybridized carbons (Fsp3) is 0.786. The maximum atomic E-state index is 12.1. The van der Waals surface area contributed by atoms with Crippen LogP contribution in [-0.2, 0) is 4.79 Å². The highest BCUT2D eigenvalue weighted by molar-refractivity contribution is 5.79. The van der Waals surface area contributed by atoms with E-state index in [1.165, 1.54) is 0 Å². The van der Waals surface area contributed by atoms with Gasteiger partial charge in [-0.1, -0.05) is 32.9 Å². The predicted molar refractivity (Wildman–Crippen MR) is 71.8 cm³/mol. The number of hydrogen-bond acceptors (Lipinski definition) is 4. The normalized spacial score (nSPS) is 16.2. The van der Waals surface area contributed by atoms with Crippen molar-refractivity contribution in [3.8, 4) is 0 Å². The van der Waals surface area contributed by atoms with Crippen molar-refractivity contribution >= 4 is 5.91 Å². The Balaban J connectivity index is 1.90. The van der Waals surface area contributed by atoms with Gasteiger partial charge >= 0.3 is 0 Å². The van der Waals surface area contributed by atoms with Crippen LogP contribution in [0.2, 0.25) is 0 Å². The van der Waals surface area contributed by atoms with Gasteiger partial charge in [-0.05, 0) is 12.8 Å². The maximum Gasteiger partial charge on any atom is 0.233 e. The molecule has 0 unspecified atom stereocenters. The minimum absolute atomic E-state index is 0.162. The molecule has 5 heteroatoms. The molecule has 2 heterocycles. The number of likely N-dealkylation sites (tertiary alicyclic amines) is 1. The molecule has 1 amide bonds. The second-order valence-electron chi connectivity index (χ2n) is 5.60. The molecule has 0 aliphatic carbocycles. The molecule has 1 fully saturated rings. The number of aromatic nitrogens is 2. The molecular formula is C14H23N3O2. The predicted octanol–water partition coefficient (Wildman–Crippen LogP) is 2.56. The Morgan fingerprint density at radius 1 is 1.37 bits per heavy atom. The Labute approximate surface area is 114 Å². The third kappa shape index (κ3) is 2.80. The van der Waals surface area contributed by atoms with E-state index in [4.69, 9.17) is 4.52 Å². The number of nitrogens with zero attached hydrogens (tertiary/aromatic N) is 3. The Kier molecular flexibility index (Phi) is 4.22. The third-order valence-electron chi connectivity index (χ3n) is 3.85. The summed E-state index contributed by atoms with van der Waals surface area (Å²) in [4.78, 5) is 18.4. The van der Waals surface area contributed by atoms with Crippen LogP contribution < -0.4 is 0 Å². The summed E-state index contributed by atoms with van der Waals surface area (Å²) in [6.45, 7) is 9.65. The number of hydrogen-bond donors (Lipinski definition) is 0. The Morgan fingerprint density at radius 2 is 2.00 bits per heavy atom. The summed E-state index contributed by atoms with van der Waals surface area (Å²) in [5.41, 5.74) is 0. The van der Waals surface area contributed by atoms with E-state index in [-0.39, 0.29) is 23.7 Å². The first-order chi connectivity index (χ1) is 9.06. The quantitative estimate of drug-likeness (QED) is 0.821. The van der Waals surface area contributed by atoms with Crippen LogP contribution in [0.1, 0.15) is 64.1 Å². The molecule has 0 spiro atoms. The van der Waals surface area contributed by atoms with Crippen molar-refractivity contribution in [3.63, 3.8) is 0 Å². The lowest BCUT2D eigenvalue weighted by atomic mass is 9.94. The van der Waals surface area contributed by atoms with E-state index in [2.05, 4.69) is 24.0 Å². The highest BCUT2D eigenvalue weighted by Crippen LogP contribution is 2.28.